The van der Waals surface area contributed by atoms with E-state index >= 15 is 0 Å². The Morgan fingerprint density at radius 3 is 2.65 bits per heavy atom. The summed E-state index contributed by atoms with van der Waals surface area (Å²) in [6, 6.07) is 10.5. The lowest BCUT2D eigenvalue weighted by molar-refractivity contribution is 0.301. The molecule has 0 unspecified atom stereocenters. The quantitative estimate of drug-likeness (QED) is 0.869. The first-order valence-electron chi connectivity index (χ1n) is 6.68. The van der Waals surface area contributed by atoms with Gasteiger partial charge >= 0.3 is 0 Å². The molecule has 0 atom stereocenters. The minimum atomic E-state index is 0.446. The van der Waals surface area contributed by atoms with Gasteiger partial charge in [-0.15, -0.1) is 0 Å². The summed E-state index contributed by atoms with van der Waals surface area (Å²) in [6.07, 6.45) is 3.56. The first kappa shape index (κ1) is 15.0. The Labute approximate surface area is 128 Å². The van der Waals surface area contributed by atoms with Gasteiger partial charge < -0.3 is 10.1 Å². The lowest BCUT2D eigenvalue weighted by Crippen LogP contribution is -2.22. The number of hydrogen-bond donors (Lipinski definition) is 1. The molecule has 1 aromatic heterocycles. The van der Waals surface area contributed by atoms with E-state index in [9.17, 15) is 0 Å². The van der Waals surface area contributed by atoms with Crippen LogP contribution in [0.25, 0.3) is 0 Å². The number of pyridine rings is 1. The van der Waals surface area contributed by atoms with Crippen molar-refractivity contribution in [2.45, 2.75) is 33.0 Å². The van der Waals surface area contributed by atoms with Gasteiger partial charge in [0.05, 0.1) is 0 Å². The maximum atomic E-state index is 5.92. The Morgan fingerprint density at radius 2 is 1.95 bits per heavy atom. The lowest BCUT2D eigenvalue weighted by atomic mass is 10.2. The maximum Gasteiger partial charge on any atom is 0.124 e. The summed E-state index contributed by atoms with van der Waals surface area (Å²) in [4.78, 5) is 4.01. The van der Waals surface area contributed by atoms with Crippen LogP contribution in [0.3, 0.4) is 0 Å². The van der Waals surface area contributed by atoms with Crippen molar-refractivity contribution >= 4 is 15.9 Å². The Balaban J connectivity index is 2.06. The van der Waals surface area contributed by atoms with Crippen molar-refractivity contribution in [2.24, 2.45) is 0 Å². The van der Waals surface area contributed by atoms with Crippen molar-refractivity contribution < 1.29 is 4.74 Å². The lowest BCUT2D eigenvalue weighted by Gasteiger charge is -2.14. The van der Waals surface area contributed by atoms with Gasteiger partial charge in [0.25, 0.3) is 0 Å². The molecule has 106 valence electrons. The fourth-order valence-electron chi connectivity index (χ4n) is 1.78. The van der Waals surface area contributed by atoms with E-state index in [0.717, 1.165) is 27.9 Å². The molecule has 1 heterocycles. The molecular weight excluding hydrogens is 316 g/mol. The van der Waals surface area contributed by atoms with Gasteiger partial charge in [-0.05, 0) is 35.9 Å². The number of aromatic nitrogens is 1. The van der Waals surface area contributed by atoms with Crippen LogP contribution in [0.4, 0.5) is 0 Å². The predicted molar refractivity (Wildman–Crippen MR) is 84.7 cm³/mol. The Bertz CT molecular complexity index is 543. The van der Waals surface area contributed by atoms with E-state index in [4.69, 9.17) is 4.74 Å². The second-order valence-electron chi connectivity index (χ2n) is 4.93. The third-order valence-corrected chi connectivity index (χ3v) is 3.36. The molecule has 0 aliphatic rings. The van der Waals surface area contributed by atoms with Gasteiger partial charge in [0.15, 0.2) is 0 Å². The van der Waals surface area contributed by atoms with Crippen LogP contribution in [-0.2, 0) is 13.2 Å². The molecule has 20 heavy (non-hydrogen) atoms. The molecule has 0 aliphatic carbocycles. The smallest absolute Gasteiger partial charge is 0.124 e. The van der Waals surface area contributed by atoms with Gasteiger partial charge in [-0.2, -0.15) is 0 Å². The molecule has 1 N–H and O–H groups in total. The van der Waals surface area contributed by atoms with Crippen LogP contribution in [0, 0.1) is 0 Å². The van der Waals surface area contributed by atoms with Gasteiger partial charge in [-0.3, -0.25) is 4.98 Å². The highest BCUT2D eigenvalue weighted by molar-refractivity contribution is 9.10. The molecule has 2 aromatic rings. The number of hydrogen-bond acceptors (Lipinski definition) is 3. The highest BCUT2D eigenvalue weighted by Gasteiger charge is 2.06. The highest BCUT2D eigenvalue weighted by atomic mass is 79.9. The van der Waals surface area contributed by atoms with Crippen LogP contribution in [0.5, 0.6) is 5.75 Å². The Hall–Kier alpha value is -1.39. The van der Waals surface area contributed by atoms with E-state index in [1.165, 1.54) is 0 Å². The molecule has 2 rings (SSSR count). The number of nitrogens with zero attached hydrogens (tertiary/aromatic N) is 1. The predicted octanol–water partition coefficient (Wildman–Crippen LogP) is 3.92. The average Bonchev–Trinajstić information content (AvgIpc) is 2.45. The summed E-state index contributed by atoms with van der Waals surface area (Å²) in [5.74, 6) is 0.915. The molecular formula is C16H19BrN2O. The summed E-state index contributed by atoms with van der Waals surface area (Å²) in [5, 5.41) is 3.42. The molecule has 0 amide bonds. The summed E-state index contributed by atoms with van der Waals surface area (Å²) in [7, 11) is 0. The van der Waals surface area contributed by atoms with Crippen LogP contribution >= 0.6 is 15.9 Å². The third-order valence-electron chi connectivity index (χ3n) is 2.87. The number of nitrogens with one attached hydrogen (secondary N) is 1. The first-order chi connectivity index (χ1) is 9.65. The largest absolute Gasteiger partial charge is 0.489 e. The number of benzene rings is 1. The minimum absolute atomic E-state index is 0.446. The molecule has 0 bridgehead atoms. The van der Waals surface area contributed by atoms with Crippen molar-refractivity contribution in [2.75, 3.05) is 0 Å². The molecule has 0 saturated heterocycles. The third kappa shape index (κ3) is 4.62. The molecule has 0 radical (unpaired) electrons. The first-order valence-corrected chi connectivity index (χ1v) is 7.48. The summed E-state index contributed by atoms with van der Waals surface area (Å²) < 4.78 is 6.99. The minimum Gasteiger partial charge on any atom is -0.489 e. The number of halogens is 1. The van der Waals surface area contributed by atoms with Gasteiger partial charge in [-0.1, -0.05) is 29.8 Å². The van der Waals surface area contributed by atoms with Crippen molar-refractivity contribution in [1.29, 1.82) is 0 Å². The van der Waals surface area contributed by atoms with Gasteiger partial charge in [-0.25, -0.2) is 0 Å². The Morgan fingerprint density at radius 1 is 1.20 bits per heavy atom. The maximum absolute atomic E-state index is 5.92. The van der Waals surface area contributed by atoms with E-state index in [1.807, 2.05) is 24.3 Å². The fourth-order valence-corrected chi connectivity index (χ4v) is 2.19. The topological polar surface area (TPSA) is 34.1 Å². The fraction of sp³-hybridized carbons (Fsp3) is 0.312. The summed E-state index contributed by atoms with van der Waals surface area (Å²) in [6.45, 7) is 5.62. The summed E-state index contributed by atoms with van der Waals surface area (Å²) >= 11 is 3.51. The van der Waals surface area contributed by atoms with Crippen LogP contribution < -0.4 is 10.1 Å². The Kier molecular flexibility index (Phi) is 5.56. The van der Waals surface area contributed by atoms with E-state index in [-0.39, 0.29) is 0 Å². The van der Waals surface area contributed by atoms with Crippen molar-refractivity contribution in [1.82, 2.24) is 10.3 Å². The van der Waals surface area contributed by atoms with E-state index in [0.29, 0.717) is 12.6 Å². The molecule has 1 aromatic carbocycles. The molecule has 0 spiro atoms. The van der Waals surface area contributed by atoms with Crippen LogP contribution in [0.15, 0.2) is 47.2 Å². The zero-order valence-electron chi connectivity index (χ0n) is 11.8. The van der Waals surface area contributed by atoms with Crippen molar-refractivity contribution in [3.63, 3.8) is 0 Å². The zero-order chi connectivity index (χ0) is 14.4. The summed E-state index contributed by atoms with van der Waals surface area (Å²) in [5.41, 5.74) is 2.27. The van der Waals surface area contributed by atoms with Gasteiger partial charge in [0, 0.05) is 35.0 Å². The normalized spacial score (nSPS) is 10.8. The molecule has 0 fully saturated rings. The van der Waals surface area contributed by atoms with Gasteiger partial charge in [0.2, 0.25) is 0 Å². The monoisotopic (exact) mass is 334 g/mol. The average molecular weight is 335 g/mol. The second kappa shape index (κ2) is 7.41. The van der Waals surface area contributed by atoms with Crippen molar-refractivity contribution in [3.05, 3.63) is 58.3 Å². The standard InChI is InChI=1S/C16H19BrN2O/c1-12(2)19-10-14-9-15(17)3-4-16(14)20-11-13-5-7-18-8-6-13/h3-9,12,19H,10-11H2,1-2H3. The van der Waals surface area contributed by atoms with E-state index in [2.05, 4.69) is 46.1 Å². The van der Waals surface area contributed by atoms with Gasteiger partial charge in [0.1, 0.15) is 12.4 Å². The van der Waals surface area contributed by atoms with E-state index < -0.39 is 0 Å². The SMILES string of the molecule is CC(C)NCc1cc(Br)ccc1OCc1ccncc1. The molecule has 4 heteroatoms. The molecule has 0 aliphatic heterocycles. The van der Waals surface area contributed by atoms with Crippen LogP contribution in [0.1, 0.15) is 25.0 Å². The number of rotatable bonds is 6. The molecule has 0 saturated carbocycles. The van der Waals surface area contributed by atoms with Crippen molar-refractivity contribution in [3.8, 4) is 5.75 Å². The molecule has 3 nitrogen and oxygen atoms in total. The van der Waals surface area contributed by atoms with Crippen LogP contribution in [-0.4, -0.2) is 11.0 Å². The number of ether oxygens (including phenoxy) is 1. The van der Waals surface area contributed by atoms with Crippen LogP contribution in [0.2, 0.25) is 0 Å². The van der Waals surface area contributed by atoms with E-state index in [1.54, 1.807) is 12.4 Å². The second-order valence-corrected chi connectivity index (χ2v) is 5.85. The zero-order valence-corrected chi connectivity index (χ0v) is 13.4. The highest BCUT2D eigenvalue weighted by Crippen LogP contribution is 2.24.